The number of benzene rings is 1. The molecule has 1 unspecified atom stereocenters. The summed E-state index contributed by atoms with van der Waals surface area (Å²) in [7, 11) is 0. The smallest absolute Gasteiger partial charge is 0.108 e. The normalized spacial score (nSPS) is 13.7. The van der Waals surface area contributed by atoms with Crippen LogP contribution in [-0.4, -0.2) is 15.8 Å². The average molecular weight is 236 g/mol. The van der Waals surface area contributed by atoms with E-state index in [-0.39, 0.29) is 0 Å². The molecule has 0 amide bonds. The molecule has 0 aliphatic carbocycles. The molecule has 0 bridgehead atoms. The van der Waals surface area contributed by atoms with Gasteiger partial charge in [-0.15, -0.1) is 0 Å². The summed E-state index contributed by atoms with van der Waals surface area (Å²) >= 11 is 0. The van der Waals surface area contributed by atoms with Crippen LogP contribution in [0.2, 0.25) is 0 Å². The number of aliphatic hydroxyl groups excluding tert-OH is 1. The Labute approximate surface area is 104 Å². The molecule has 2 N–H and O–H groups in total. The lowest BCUT2D eigenvalue weighted by Crippen LogP contribution is -2.34. The van der Waals surface area contributed by atoms with Crippen molar-refractivity contribution in [1.29, 1.82) is 0 Å². The van der Waals surface area contributed by atoms with Gasteiger partial charge in [0.2, 0.25) is 0 Å². The van der Waals surface area contributed by atoms with Gasteiger partial charge in [-0.2, -0.15) is 0 Å². The quantitative estimate of drug-likeness (QED) is 0.796. The molecule has 0 spiro atoms. The van der Waals surface area contributed by atoms with E-state index in [1.807, 2.05) is 32.0 Å². The Bertz CT molecular complexity index is 343. The van der Waals surface area contributed by atoms with Gasteiger partial charge < -0.3 is 10.2 Å². The standard InChI is InChI=1S/C15H24O2/c1-4-8-12-9-7-10-13(11-12)14(16)15(17,5-2)6-3/h7,9-11,14,16-17H,4-6,8H2,1-3H3. The zero-order chi connectivity index (χ0) is 12.9. The van der Waals surface area contributed by atoms with Crippen LogP contribution < -0.4 is 0 Å². The van der Waals surface area contributed by atoms with Gasteiger partial charge in [0.25, 0.3) is 0 Å². The number of aliphatic hydroxyl groups is 2. The van der Waals surface area contributed by atoms with Gasteiger partial charge in [0, 0.05) is 0 Å². The highest BCUT2D eigenvalue weighted by Crippen LogP contribution is 2.31. The summed E-state index contributed by atoms with van der Waals surface area (Å²) in [6.07, 6.45) is 2.42. The predicted octanol–water partition coefficient (Wildman–Crippen LogP) is 3.22. The Balaban J connectivity index is 2.95. The highest BCUT2D eigenvalue weighted by atomic mass is 16.3. The fourth-order valence-electron chi connectivity index (χ4n) is 2.15. The summed E-state index contributed by atoms with van der Waals surface area (Å²) in [6, 6.07) is 7.91. The van der Waals surface area contributed by atoms with Crippen molar-refractivity contribution < 1.29 is 10.2 Å². The van der Waals surface area contributed by atoms with Crippen LogP contribution in [0.25, 0.3) is 0 Å². The largest absolute Gasteiger partial charge is 0.387 e. The lowest BCUT2D eigenvalue weighted by atomic mass is 9.86. The van der Waals surface area contributed by atoms with E-state index in [1.54, 1.807) is 0 Å². The fraction of sp³-hybridized carbons (Fsp3) is 0.600. The number of rotatable bonds is 6. The SMILES string of the molecule is CCCc1cccc(C(O)C(O)(CC)CC)c1. The third-order valence-corrected chi connectivity index (χ3v) is 3.54. The third-order valence-electron chi connectivity index (χ3n) is 3.54. The van der Waals surface area contributed by atoms with E-state index < -0.39 is 11.7 Å². The van der Waals surface area contributed by atoms with Crippen molar-refractivity contribution in [3.8, 4) is 0 Å². The van der Waals surface area contributed by atoms with Gasteiger partial charge >= 0.3 is 0 Å². The topological polar surface area (TPSA) is 40.5 Å². The van der Waals surface area contributed by atoms with E-state index >= 15 is 0 Å². The van der Waals surface area contributed by atoms with E-state index in [4.69, 9.17) is 0 Å². The molecule has 0 aromatic heterocycles. The fourth-order valence-corrected chi connectivity index (χ4v) is 2.15. The Morgan fingerprint density at radius 1 is 1.18 bits per heavy atom. The molecule has 0 aliphatic heterocycles. The maximum absolute atomic E-state index is 10.3. The van der Waals surface area contributed by atoms with Crippen LogP contribution in [0.4, 0.5) is 0 Å². The van der Waals surface area contributed by atoms with Crippen LogP contribution in [0.1, 0.15) is 57.3 Å². The Kier molecular flexibility index (Phi) is 5.16. The summed E-state index contributed by atoms with van der Waals surface area (Å²) in [4.78, 5) is 0. The summed E-state index contributed by atoms with van der Waals surface area (Å²) in [5.74, 6) is 0. The van der Waals surface area contributed by atoms with Crippen LogP contribution in [0.15, 0.2) is 24.3 Å². The molecule has 0 heterocycles. The van der Waals surface area contributed by atoms with Crippen LogP contribution in [0, 0.1) is 0 Å². The van der Waals surface area contributed by atoms with Crippen molar-refractivity contribution in [1.82, 2.24) is 0 Å². The number of hydrogen-bond donors (Lipinski definition) is 2. The van der Waals surface area contributed by atoms with Gasteiger partial charge in [-0.3, -0.25) is 0 Å². The van der Waals surface area contributed by atoms with Crippen molar-refractivity contribution in [3.05, 3.63) is 35.4 Å². The summed E-state index contributed by atoms with van der Waals surface area (Å²) < 4.78 is 0. The van der Waals surface area contributed by atoms with Crippen molar-refractivity contribution in [3.63, 3.8) is 0 Å². The van der Waals surface area contributed by atoms with Gasteiger partial charge in [0.05, 0.1) is 5.60 Å². The zero-order valence-electron chi connectivity index (χ0n) is 11.1. The molecule has 0 saturated carbocycles. The molecule has 1 rings (SSSR count). The van der Waals surface area contributed by atoms with Gasteiger partial charge in [0.15, 0.2) is 0 Å². The first kappa shape index (κ1) is 14.2. The molecule has 17 heavy (non-hydrogen) atoms. The highest BCUT2D eigenvalue weighted by molar-refractivity contribution is 5.27. The van der Waals surface area contributed by atoms with Gasteiger partial charge in [-0.05, 0) is 30.4 Å². The van der Waals surface area contributed by atoms with E-state index in [2.05, 4.69) is 13.0 Å². The molecule has 0 fully saturated rings. The second-order valence-corrected chi connectivity index (χ2v) is 4.71. The van der Waals surface area contributed by atoms with Crippen LogP contribution in [0.5, 0.6) is 0 Å². The summed E-state index contributed by atoms with van der Waals surface area (Å²) in [5, 5.41) is 20.6. The molecule has 2 heteroatoms. The van der Waals surface area contributed by atoms with Gasteiger partial charge in [0.1, 0.15) is 6.10 Å². The molecule has 0 radical (unpaired) electrons. The van der Waals surface area contributed by atoms with E-state index in [0.29, 0.717) is 12.8 Å². The van der Waals surface area contributed by atoms with Crippen LogP contribution in [0.3, 0.4) is 0 Å². The van der Waals surface area contributed by atoms with E-state index in [0.717, 1.165) is 18.4 Å². The van der Waals surface area contributed by atoms with Crippen molar-refractivity contribution in [2.75, 3.05) is 0 Å². The zero-order valence-corrected chi connectivity index (χ0v) is 11.1. The number of hydrogen-bond acceptors (Lipinski definition) is 2. The lowest BCUT2D eigenvalue weighted by Gasteiger charge is -2.31. The lowest BCUT2D eigenvalue weighted by molar-refractivity contribution is -0.0821. The molecular weight excluding hydrogens is 212 g/mol. The Hall–Kier alpha value is -0.860. The molecule has 0 saturated heterocycles. The average Bonchev–Trinajstić information content (AvgIpc) is 2.37. The Morgan fingerprint density at radius 3 is 2.35 bits per heavy atom. The third kappa shape index (κ3) is 3.30. The molecule has 1 aromatic carbocycles. The molecule has 0 aliphatic rings. The minimum atomic E-state index is -1.01. The second kappa shape index (κ2) is 6.18. The predicted molar refractivity (Wildman–Crippen MR) is 70.9 cm³/mol. The van der Waals surface area contributed by atoms with Crippen LogP contribution in [-0.2, 0) is 6.42 Å². The van der Waals surface area contributed by atoms with Crippen molar-refractivity contribution >= 4 is 0 Å². The minimum Gasteiger partial charge on any atom is -0.387 e. The molecule has 96 valence electrons. The van der Waals surface area contributed by atoms with Crippen molar-refractivity contribution in [2.45, 2.75) is 58.2 Å². The molecule has 1 atom stereocenters. The van der Waals surface area contributed by atoms with Gasteiger partial charge in [-0.25, -0.2) is 0 Å². The first-order valence-electron chi connectivity index (χ1n) is 6.56. The summed E-state index contributed by atoms with van der Waals surface area (Å²) in [6.45, 7) is 5.95. The first-order chi connectivity index (χ1) is 8.07. The highest BCUT2D eigenvalue weighted by Gasteiger charge is 2.32. The van der Waals surface area contributed by atoms with E-state index in [1.165, 1.54) is 5.56 Å². The maximum atomic E-state index is 10.3. The van der Waals surface area contributed by atoms with Crippen LogP contribution >= 0.6 is 0 Å². The second-order valence-electron chi connectivity index (χ2n) is 4.71. The molecule has 1 aromatic rings. The first-order valence-corrected chi connectivity index (χ1v) is 6.56. The van der Waals surface area contributed by atoms with E-state index in [9.17, 15) is 10.2 Å². The Morgan fingerprint density at radius 2 is 1.82 bits per heavy atom. The molecular formula is C15H24O2. The van der Waals surface area contributed by atoms with Gasteiger partial charge in [-0.1, -0.05) is 51.5 Å². The molecule has 2 nitrogen and oxygen atoms in total. The van der Waals surface area contributed by atoms with Crippen molar-refractivity contribution in [2.24, 2.45) is 0 Å². The maximum Gasteiger partial charge on any atom is 0.108 e. The monoisotopic (exact) mass is 236 g/mol. The number of aryl methyl sites for hydroxylation is 1. The minimum absolute atomic E-state index is 0.558. The summed E-state index contributed by atoms with van der Waals surface area (Å²) in [5.41, 5.74) is 1.03.